The highest BCUT2D eigenvalue weighted by molar-refractivity contribution is 5.96. The number of aliphatic carboxylic acids is 1. The van der Waals surface area contributed by atoms with E-state index in [1.165, 1.54) is 0 Å². The molecule has 6 heteroatoms. The molecule has 0 bridgehead atoms. The van der Waals surface area contributed by atoms with Gasteiger partial charge in [0.25, 0.3) is 0 Å². The molecule has 1 aliphatic heterocycles. The van der Waals surface area contributed by atoms with Crippen molar-refractivity contribution in [1.29, 1.82) is 0 Å². The Morgan fingerprint density at radius 3 is 2.84 bits per heavy atom. The second-order valence-electron chi connectivity index (χ2n) is 4.67. The highest BCUT2D eigenvalue weighted by atomic mass is 16.4. The van der Waals surface area contributed by atoms with Crippen molar-refractivity contribution in [1.82, 2.24) is 0 Å². The average Bonchev–Trinajstić information content (AvgIpc) is 2.37. The molecule has 0 radical (unpaired) electrons. The van der Waals surface area contributed by atoms with Gasteiger partial charge in [-0.3, -0.25) is 9.59 Å². The number of nitrogens with zero attached hydrogens (tertiary/aromatic N) is 1. The minimum absolute atomic E-state index is 0.00476. The summed E-state index contributed by atoms with van der Waals surface area (Å²) in [6.45, 7) is 0.309. The lowest BCUT2D eigenvalue weighted by atomic mass is 10.00. The summed E-state index contributed by atoms with van der Waals surface area (Å²) in [5.41, 5.74) is 13.7. The summed E-state index contributed by atoms with van der Waals surface area (Å²) in [5, 5.41) is 8.76. The lowest BCUT2D eigenvalue weighted by Gasteiger charge is -2.30. The summed E-state index contributed by atoms with van der Waals surface area (Å²) in [6.07, 6.45) is 1.31. The van der Waals surface area contributed by atoms with Crippen molar-refractivity contribution < 1.29 is 14.7 Å². The Balaban J connectivity index is 2.16. The van der Waals surface area contributed by atoms with Gasteiger partial charge < -0.3 is 21.5 Å². The van der Waals surface area contributed by atoms with Gasteiger partial charge in [-0.05, 0) is 36.6 Å². The van der Waals surface area contributed by atoms with Crippen LogP contribution in [0.1, 0.15) is 18.4 Å². The zero-order valence-electron chi connectivity index (χ0n) is 10.5. The lowest BCUT2D eigenvalue weighted by Crippen LogP contribution is -2.40. The predicted octanol–water partition coefficient (Wildman–Crippen LogP) is 0.350. The molecule has 0 spiro atoms. The zero-order valence-corrected chi connectivity index (χ0v) is 10.5. The molecule has 0 saturated carbocycles. The van der Waals surface area contributed by atoms with Gasteiger partial charge in [0.1, 0.15) is 6.04 Å². The molecule has 1 unspecified atom stereocenters. The maximum atomic E-state index is 11.9. The van der Waals surface area contributed by atoms with E-state index in [4.69, 9.17) is 16.6 Å². The monoisotopic (exact) mass is 263 g/mol. The van der Waals surface area contributed by atoms with Crippen LogP contribution in [0.3, 0.4) is 0 Å². The smallest absolute Gasteiger partial charge is 0.320 e. The van der Waals surface area contributed by atoms with Gasteiger partial charge in [-0.2, -0.15) is 0 Å². The van der Waals surface area contributed by atoms with Crippen LogP contribution in [-0.4, -0.2) is 29.6 Å². The van der Waals surface area contributed by atoms with E-state index >= 15 is 0 Å². The van der Waals surface area contributed by atoms with Gasteiger partial charge >= 0.3 is 5.97 Å². The first-order valence-corrected chi connectivity index (χ1v) is 6.16. The number of hydrogen-bond donors (Lipinski definition) is 3. The highest BCUT2D eigenvalue weighted by Crippen LogP contribution is 2.29. The Morgan fingerprint density at radius 1 is 1.42 bits per heavy atom. The number of amides is 1. The van der Waals surface area contributed by atoms with E-state index in [1.54, 1.807) is 17.0 Å². The minimum atomic E-state index is -1.05. The van der Waals surface area contributed by atoms with Gasteiger partial charge in [0.2, 0.25) is 5.91 Å². The number of fused-ring (bicyclic) bond motifs is 1. The van der Waals surface area contributed by atoms with E-state index in [1.807, 2.05) is 6.07 Å². The number of nitrogen functional groups attached to an aromatic ring is 1. The van der Waals surface area contributed by atoms with Crippen molar-refractivity contribution in [3.63, 3.8) is 0 Å². The van der Waals surface area contributed by atoms with Crippen LogP contribution in [0, 0.1) is 0 Å². The summed E-state index contributed by atoms with van der Waals surface area (Å²) in [7, 11) is 0. The fourth-order valence-corrected chi connectivity index (χ4v) is 2.22. The first-order valence-electron chi connectivity index (χ1n) is 6.16. The number of rotatable bonds is 4. The quantitative estimate of drug-likeness (QED) is 0.679. The largest absolute Gasteiger partial charge is 0.480 e. The Hall–Kier alpha value is -2.08. The Labute approximate surface area is 111 Å². The highest BCUT2D eigenvalue weighted by Gasteiger charge is 2.25. The van der Waals surface area contributed by atoms with Crippen LogP contribution in [0.5, 0.6) is 0 Å². The fraction of sp³-hybridized carbons (Fsp3) is 0.385. The number of hydrogen-bond acceptors (Lipinski definition) is 4. The molecule has 1 aromatic carbocycles. The number of carbonyl (C=O) groups is 2. The van der Waals surface area contributed by atoms with Crippen LogP contribution < -0.4 is 16.4 Å². The molecule has 1 heterocycles. The third-order valence-corrected chi connectivity index (χ3v) is 3.28. The third kappa shape index (κ3) is 2.85. The second kappa shape index (κ2) is 5.27. The van der Waals surface area contributed by atoms with Crippen LogP contribution in [0.25, 0.3) is 0 Å². The maximum Gasteiger partial charge on any atom is 0.320 e. The first kappa shape index (κ1) is 13.4. The number of carbonyl (C=O) groups excluding carboxylic acids is 1. The minimum Gasteiger partial charge on any atom is -0.480 e. The van der Waals surface area contributed by atoms with Gasteiger partial charge in [0.05, 0.1) is 0 Å². The normalized spacial score (nSPS) is 16.1. The fourth-order valence-electron chi connectivity index (χ4n) is 2.22. The molecule has 1 aromatic rings. The lowest BCUT2D eigenvalue weighted by molar-refractivity contribution is -0.138. The van der Waals surface area contributed by atoms with Gasteiger partial charge in [0.15, 0.2) is 0 Å². The van der Waals surface area contributed by atoms with Gasteiger partial charge in [-0.25, -0.2) is 0 Å². The SMILES string of the molecule is Nc1ccc2c(c1)CCC(=O)N2CCC(N)C(=O)O. The summed E-state index contributed by atoms with van der Waals surface area (Å²) in [5.74, 6) is -1.06. The Morgan fingerprint density at radius 2 is 2.16 bits per heavy atom. The zero-order chi connectivity index (χ0) is 14.0. The summed E-state index contributed by atoms with van der Waals surface area (Å²) in [6, 6.07) is 4.44. The predicted molar refractivity (Wildman–Crippen MR) is 71.8 cm³/mol. The topological polar surface area (TPSA) is 110 Å². The molecule has 1 atom stereocenters. The summed E-state index contributed by atoms with van der Waals surface area (Å²) >= 11 is 0. The molecule has 19 heavy (non-hydrogen) atoms. The Bertz CT molecular complexity index is 516. The van der Waals surface area contributed by atoms with Crippen LogP contribution in [0.15, 0.2) is 18.2 Å². The van der Waals surface area contributed by atoms with E-state index < -0.39 is 12.0 Å². The number of carboxylic acid groups (broad SMARTS) is 1. The molecule has 2 rings (SSSR count). The first-order chi connectivity index (χ1) is 8.99. The molecule has 0 saturated heterocycles. The van der Waals surface area contributed by atoms with Crippen molar-refractivity contribution in [3.8, 4) is 0 Å². The number of carboxylic acids is 1. The second-order valence-corrected chi connectivity index (χ2v) is 4.67. The van der Waals surface area contributed by atoms with Crippen molar-refractivity contribution in [2.45, 2.75) is 25.3 Å². The average molecular weight is 263 g/mol. The molecular weight excluding hydrogens is 246 g/mol. The number of anilines is 2. The van der Waals surface area contributed by atoms with Crippen molar-refractivity contribution in [2.75, 3.05) is 17.2 Å². The molecule has 0 aromatic heterocycles. The molecule has 1 amide bonds. The molecule has 0 aliphatic carbocycles. The van der Waals surface area contributed by atoms with Gasteiger partial charge in [-0.1, -0.05) is 0 Å². The summed E-state index contributed by atoms with van der Waals surface area (Å²) < 4.78 is 0. The van der Waals surface area contributed by atoms with Gasteiger partial charge in [0, 0.05) is 24.3 Å². The van der Waals surface area contributed by atoms with E-state index in [2.05, 4.69) is 0 Å². The van der Waals surface area contributed by atoms with Crippen LogP contribution in [0.2, 0.25) is 0 Å². The van der Waals surface area contributed by atoms with Crippen LogP contribution >= 0.6 is 0 Å². The van der Waals surface area contributed by atoms with Crippen molar-refractivity contribution in [3.05, 3.63) is 23.8 Å². The third-order valence-electron chi connectivity index (χ3n) is 3.28. The van der Waals surface area contributed by atoms with Crippen LogP contribution in [0.4, 0.5) is 11.4 Å². The number of nitrogens with two attached hydrogens (primary N) is 2. The maximum absolute atomic E-state index is 11.9. The van der Waals surface area contributed by atoms with E-state index in [9.17, 15) is 9.59 Å². The molecule has 6 nitrogen and oxygen atoms in total. The molecule has 102 valence electrons. The van der Waals surface area contributed by atoms with Crippen molar-refractivity contribution >= 4 is 23.3 Å². The Kier molecular flexibility index (Phi) is 3.71. The van der Waals surface area contributed by atoms with E-state index in [0.717, 1.165) is 11.3 Å². The van der Waals surface area contributed by atoms with Crippen molar-refractivity contribution in [2.24, 2.45) is 5.73 Å². The number of aryl methyl sites for hydroxylation is 1. The molecule has 0 fully saturated rings. The standard InChI is InChI=1S/C13H17N3O3/c14-9-2-3-11-8(7-9)1-4-12(17)16(11)6-5-10(15)13(18)19/h2-3,7,10H,1,4-6,14-15H2,(H,18,19). The molecule has 5 N–H and O–H groups in total. The summed E-state index contributed by atoms with van der Waals surface area (Å²) in [4.78, 5) is 24.2. The van der Waals surface area contributed by atoms with E-state index in [-0.39, 0.29) is 12.3 Å². The molecule has 1 aliphatic rings. The van der Waals surface area contributed by atoms with E-state index in [0.29, 0.717) is 25.1 Å². The number of benzene rings is 1. The van der Waals surface area contributed by atoms with Gasteiger partial charge in [-0.15, -0.1) is 0 Å². The molecular formula is C13H17N3O3. The van der Waals surface area contributed by atoms with Crippen LogP contribution in [-0.2, 0) is 16.0 Å².